The van der Waals surface area contributed by atoms with Crippen LogP contribution in [0, 0.1) is 0 Å². The molecule has 1 aliphatic heterocycles. The predicted octanol–water partition coefficient (Wildman–Crippen LogP) is 4.59. The van der Waals surface area contributed by atoms with Gasteiger partial charge in [-0.2, -0.15) is 11.3 Å². The summed E-state index contributed by atoms with van der Waals surface area (Å²) < 4.78 is 11.7. The zero-order valence-corrected chi connectivity index (χ0v) is 17.7. The van der Waals surface area contributed by atoms with Crippen molar-refractivity contribution in [3.05, 3.63) is 82.3 Å². The molecule has 1 aromatic carbocycles. The molecule has 3 heterocycles. The monoisotopic (exact) mass is 422 g/mol. The van der Waals surface area contributed by atoms with Gasteiger partial charge in [-0.1, -0.05) is 12.1 Å². The highest BCUT2D eigenvalue weighted by molar-refractivity contribution is 7.07. The Bertz CT molecular complexity index is 925. The first-order chi connectivity index (χ1) is 14.8. The van der Waals surface area contributed by atoms with Gasteiger partial charge in [0.2, 0.25) is 0 Å². The van der Waals surface area contributed by atoms with E-state index in [0.29, 0.717) is 25.3 Å². The van der Waals surface area contributed by atoms with Crippen molar-refractivity contribution < 1.29 is 14.3 Å². The maximum Gasteiger partial charge on any atom is 0.255 e. The number of ether oxygens (including phenoxy) is 2. The van der Waals surface area contributed by atoms with Crippen molar-refractivity contribution in [3.63, 3.8) is 0 Å². The summed E-state index contributed by atoms with van der Waals surface area (Å²) in [6.07, 6.45) is 6.32. The fraction of sp³-hybridized carbons (Fsp3) is 0.333. The van der Waals surface area contributed by atoms with Crippen LogP contribution >= 0.6 is 11.3 Å². The lowest BCUT2D eigenvalue weighted by molar-refractivity contribution is 0.0507. The van der Waals surface area contributed by atoms with Crippen molar-refractivity contribution in [2.75, 3.05) is 19.8 Å². The van der Waals surface area contributed by atoms with E-state index < -0.39 is 0 Å². The number of nitrogens with zero attached hydrogens (tertiary/aromatic N) is 2. The number of benzene rings is 1. The van der Waals surface area contributed by atoms with Crippen molar-refractivity contribution in [2.45, 2.75) is 31.9 Å². The highest BCUT2D eigenvalue weighted by atomic mass is 32.1. The largest absolute Gasteiger partial charge is 0.493 e. The fourth-order valence-electron chi connectivity index (χ4n) is 3.60. The maximum absolute atomic E-state index is 13.1. The van der Waals surface area contributed by atoms with Crippen LogP contribution in [0.5, 0.6) is 5.75 Å². The van der Waals surface area contributed by atoms with E-state index in [0.717, 1.165) is 37.2 Å². The minimum atomic E-state index is -0.0256. The van der Waals surface area contributed by atoms with Crippen LogP contribution in [0.25, 0.3) is 0 Å². The molecule has 1 amide bonds. The second-order valence-electron chi connectivity index (χ2n) is 7.44. The standard InChI is InChI=1S/C24H26N2O3S/c27-24(21-5-2-10-25-15-21)26(17-23-7-3-11-28-23)16-20-4-1-6-22(14-20)29-12-8-19-9-13-30-18-19/h1-2,4-6,9-10,13-15,18,23H,3,7-8,11-12,16-17H2. The number of hydrogen-bond acceptors (Lipinski definition) is 5. The van der Waals surface area contributed by atoms with E-state index in [1.165, 1.54) is 5.56 Å². The summed E-state index contributed by atoms with van der Waals surface area (Å²) in [4.78, 5) is 19.1. The molecule has 30 heavy (non-hydrogen) atoms. The van der Waals surface area contributed by atoms with Gasteiger partial charge in [-0.05, 0) is 65.1 Å². The molecule has 0 radical (unpaired) electrons. The predicted molar refractivity (Wildman–Crippen MR) is 118 cm³/mol. The second-order valence-corrected chi connectivity index (χ2v) is 8.22. The van der Waals surface area contributed by atoms with Gasteiger partial charge in [-0.25, -0.2) is 0 Å². The third-order valence-corrected chi connectivity index (χ3v) is 5.89. The molecule has 0 bridgehead atoms. The highest BCUT2D eigenvalue weighted by Crippen LogP contribution is 2.20. The Balaban J connectivity index is 1.42. The topological polar surface area (TPSA) is 51.7 Å². The molecule has 1 aliphatic rings. The third kappa shape index (κ3) is 5.68. The molecule has 4 rings (SSSR count). The lowest BCUT2D eigenvalue weighted by atomic mass is 10.1. The Kier molecular flexibility index (Phi) is 7.11. The van der Waals surface area contributed by atoms with Gasteiger partial charge >= 0.3 is 0 Å². The average molecular weight is 423 g/mol. The Morgan fingerprint density at radius 1 is 1.23 bits per heavy atom. The molecule has 1 saturated heterocycles. The van der Waals surface area contributed by atoms with Gasteiger partial charge in [0, 0.05) is 38.5 Å². The molecule has 1 fully saturated rings. The first kappa shape index (κ1) is 20.6. The van der Waals surface area contributed by atoms with E-state index in [2.05, 4.69) is 21.8 Å². The zero-order valence-electron chi connectivity index (χ0n) is 16.9. The molecular formula is C24H26N2O3S. The van der Waals surface area contributed by atoms with E-state index in [4.69, 9.17) is 9.47 Å². The molecule has 6 heteroatoms. The lowest BCUT2D eigenvalue weighted by Crippen LogP contribution is -2.37. The van der Waals surface area contributed by atoms with Crippen LogP contribution in [0.4, 0.5) is 0 Å². The van der Waals surface area contributed by atoms with Crippen LogP contribution in [0.1, 0.15) is 34.3 Å². The van der Waals surface area contributed by atoms with Crippen LogP contribution < -0.4 is 4.74 Å². The van der Waals surface area contributed by atoms with E-state index in [1.807, 2.05) is 35.2 Å². The number of rotatable bonds is 9. The van der Waals surface area contributed by atoms with Crippen LogP contribution in [-0.2, 0) is 17.7 Å². The minimum Gasteiger partial charge on any atom is -0.493 e. The Labute approximate surface area is 181 Å². The van der Waals surface area contributed by atoms with Gasteiger partial charge < -0.3 is 14.4 Å². The summed E-state index contributed by atoms with van der Waals surface area (Å²) >= 11 is 1.70. The Hall–Kier alpha value is -2.70. The zero-order chi connectivity index (χ0) is 20.6. The molecule has 0 N–H and O–H groups in total. The van der Waals surface area contributed by atoms with Gasteiger partial charge in [-0.3, -0.25) is 9.78 Å². The molecule has 0 spiro atoms. The third-order valence-electron chi connectivity index (χ3n) is 5.16. The van der Waals surface area contributed by atoms with E-state index in [9.17, 15) is 4.79 Å². The number of amides is 1. The van der Waals surface area contributed by atoms with Crippen molar-refractivity contribution in [3.8, 4) is 5.75 Å². The molecule has 1 atom stereocenters. The number of aromatic nitrogens is 1. The quantitative estimate of drug-likeness (QED) is 0.506. The molecule has 2 aromatic heterocycles. The molecule has 1 unspecified atom stereocenters. The number of carbonyl (C=O) groups excluding carboxylic acids is 1. The van der Waals surface area contributed by atoms with Crippen LogP contribution in [0.2, 0.25) is 0 Å². The summed E-state index contributed by atoms with van der Waals surface area (Å²) in [5.74, 6) is 0.802. The van der Waals surface area contributed by atoms with Crippen LogP contribution in [0.15, 0.2) is 65.6 Å². The van der Waals surface area contributed by atoms with Crippen molar-refractivity contribution in [2.24, 2.45) is 0 Å². The van der Waals surface area contributed by atoms with Crippen molar-refractivity contribution in [1.29, 1.82) is 0 Å². The minimum absolute atomic E-state index is 0.0256. The summed E-state index contributed by atoms with van der Waals surface area (Å²) in [6.45, 7) is 2.49. The SMILES string of the molecule is O=C(c1cccnc1)N(Cc1cccc(OCCc2ccsc2)c1)CC1CCCO1. The van der Waals surface area contributed by atoms with Gasteiger partial charge in [0.25, 0.3) is 5.91 Å². The van der Waals surface area contributed by atoms with E-state index in [-0.39, 0.29) is 12.0 Å². The molecular weight excluding hydrogens is 396 g/mol. The van der Waals surface area contributed by atoms with Crippen molar-refractivity contribution >= 4 is 17.2 Å². The molecule has 0 saturated carbocycles. The molecule has 156 valence electrons. The Morgan fingerprint density at radius 3 is 2.97 bits per heavy atom. The van der Waals surface area contributed by atoms with Crippen LogP contribution in [0.3, 0.4) is 0 Å². The number of pyridine rings is 1. The molecule has 0 aliphatic carbocycles. The second kappa shape index (κ2) is 10.4. The number of carbonyl (C=O) groups is 1. The average Bonchev–Trinajstić information content (AvgIpc) is 3.48. The van der Waals surface area contributed by atoms with E-state index >= 15 is 0 Å². The number of hydrogen-bond donors (Lipinski definition) is 0. The van der Waals surface area contributed by atoms with Crippen LogP contribution in [-0.4, -0.2) is 41.7 Å². The molecule has 5 nitrogen and oxygen atoms in total. The smallest absolute Gasteiger partial charge is 0.255 e. The van der Waals surface area contributed by atoms with Gasteiger partial charge in [-0.15, -0.1) is 0 Å². The maximum atomic E-state index is 13.1. The van der Waals surface area contributed by atoms with Gasteiger partial charge in [0.1, 0.15) is 5.75 Å². The lowest BCUT2D eigenvalue weighted by Gasteiger charge is -2.26. The summed E-state index contributed by atoms with van der Waals surface area (Å²) in [5.41, 5.74) is 2.93. The first-order valence-electron chi connectivity index (χ1n) is 10.3. The first-order valence-corrected chi connectivity index (χ1v) is 11.3. The van der Waals surface area contributed by atoms with Gasteiger partial charge in [0.15, 0.2) is 0 Å². The van der Waals surface area contributed by atoms with Gasteiger partial charge in [0.05, 0.1) is 18.3 Å². The normalized spacial score (nSPS) is 15.8. The number of thiophene rings is 1. The van der Waals surface area contributed by atoms with E-state index in [1.54, 1.807) is 29.8 Å². The molecule has 3 aromatic rings. The van der Waals surface area contributed by atoms with Crippen molar-refractivity contribution in [1.82, 2.24) is 9.88 Å². The Morgan fingerprint density at radius 2 is 2.20 bits per heavy atom. The highest BCUT2D eigenvalue weighted by Gasteiger charge is 2.24. The summed E-state index contributed by atoms with van der Waals surface area (Å²) in [7, 11) is 0. The fourth-order valence-corrected chi connectivity index (χ4v) is 4.30. The summed E-state index contributed by atoms with van der Waals surface area (Å²) in [6, 6.07) is 13.7. The summed E-state index contributed by atoms with van der Waals surface area (Å²) in [5, 5.41) is 4.23.